The van der Waals surface area contributed by atoms with Gasteiger partial charge in [-0.3, -0.25) is 0 Å². The first-order chi connectivity index (χ1) is 8.56. The van der Waals surface area contributed by atoms with Gasteiger partial charge in [-0.25, -0.2) is 0 Å². The van der Waals surface area contributed by atoms with Crippen molar-refractivity contribution < 1.29 is 0 Å². The van der Waals surface area contributed by atoms with Crippen molar-refractivity contribution in [3.8, 4) is 0 Å². The summed E-state index contributed by atoms with van der Waals surface area (Å²) in [6, 6.07) is 0. The van der Waals surface area contributed by atoms with Gasteiger partial charge in [-0.1, -0.05) is 31.2 Å². The quantitative estimate of drug-likeness (QED) is 0.629. The van der Waals surface area contributed by atoms with E-state index in [2.05, 4.69) is 57.6 Å². The maximum absolute atomic E-state index is 3.83. The SMILES string of the molecule is C=CCC=C(CCN(C)C)C1=C(C)C=CCC1C. The van der Waals surface area contributed by atoms with Crippen LogP contribution in [0.25, 0.3) is 0 Å². The predicted octanol–water partition coefficient (Wildman–Crippen LogP) is 4.35. The molecular formula is C17H27N. The van der Waals surface area contributed by atoms with E-state index in [1.54, 1.807) is 5.57 Å². The molecule has 0 bridgehead atoms. The summed E-state index contributed by atoms with van der Waals surface area (Å²) >= 11 is 0. The Hall–Kier alpha value is -1.08. The molecule has 0 aromatic rings. The Labute approximate surface area is 113 Å². The first kappa shape index (κ1) is 15.0. The van der Waals surface area contributed by atoms with Crippen LogP contribution in [0.15, 0.2) is 47.6 Å². The zero-order chi connectivity index (χ0) is 13.5. The largest absolute Gasteiger partial charge is 0.309 e. The third kappa shape index (κ3) is 4.30. The molecule has 1 aliphatic carbocycles. The zero-order valence-electron chi connectivity index (χ0n) is 12.4. The van der Waals surface area contributed by atoms with Crippen molar-refractivity contribution in [1.82, 2.24) is 4.90 Å². The number of nitrogens with zero attached hydrogens (tertiary/aromatic N) is 1. The van der Waals surface area contributed by atoms with Gasteiger partial charge in [-0.05, 0) is 62.9 Å². The Morgan fingerprint density at radius 2 is 2.22 bits per heavy atom. The summed E-state index contributed by atoms with van der Waals surface area (Å²) in [5, 5.41) is 0. The summed E-state index contributed by atoms with van der Waals surface area (Å²) < 4.78 is 0. The van der Waals surface area contributed by atoms with Gasteiger partial charge in [0.2, 0.25) is 0 Å². The van der Waals surface area contributed by atoms with Crippen LogP contribution in [0.5, 0.6) is 0 Å². The summed E-state index contributed by atoms with van der Waals surface area (Å²) in [5.41, 5.74) is 4.50. The Bertz CT molecular complexity index is 369. The van der Waals surface area contributed by atoms with Gasteiger partial charge in [0.15, 0.2) is 0 Å². The third-order valence-electron chi connectivity index (χ3n) is 3.48. The van der Waals surface area contributed by atoms with E-state index in [4.69, 9.17) is 0 Å². The van der Waals surface area contributed by atoms with Crippen LogP contribution < -0.4 is 0 Å². The molecule has 1 heteroatoms. The molecule has 100 valence electrons. The van der Waals surface area contributed by atoms with E-state index in [0.717, 1.165) is 19.4 Å². The molecule has 0 radical (unpaired) electrons. The zero-order valence-corrected chi connectivity index (χ0v) is 12.4. The molecule has 1 aliphatic rings. The van der Waals surface area contributed by atoms with Crippen LogP contribution >= 0.6 is 0 Å². The normalized spacial score (nSPS) is 20.7. The van der Waals surface area contributed by atoms with Crippen molar-refractivity contribution in [2.45, 2.75) is 33.1 Å². The summed E-state index contributed by atoms with van der Waals surface area (Å²) in [4.78, 5) is 2.25. The van der Waals surface area contributed by atoms with Crippen molar-refractivity contribution in [2.75, 3.05) is 20.6 Å². The van der Waals surface area contributed by atoms with Gasteiger partial charge in [0.1, 0.15) is 0 Å². The molecule has 0 saturated carbocycles. The molecule has 0 aromatic heterocycles. The summed E-state index contributed by atoms with van der Waals surface area (Å²) in [6.45, 7) is 9.50. The van der Waals surface area contributed by atoms with Crippen molar-refractivity contribution in [3.63, 3.8) is 0 Å². The first-order valence-electron chi connectivity index (χ1n) is 6.88. The number of hydrogen-bond donors (Lipinski definition) is 0. The van der Waals surface area contributed by atoms with Crippen LogP contribution in [0.3, 0.4) is 0 Å². The highest BCUT2D eigenvalue weighted by Crippen LogP contribution is 2.32. The van der Waals surface area contributed by atoms with Crippen molar-refractivity contribution in [1.29, 1.82) is 0 Å². The molecule has 0 saturated heterocycles. The average Bonchev–Trinajstić information content (AvgIpc) is 2.31. The lowest BCUT2D eigenvalue weighted by atomic mass is 9.82. The molecule has 0 aromatic carbocycles. The van der Waals surface area contributed by atoms with Gasteiger partial charge in [-0.15, -0.1) is 6.58 Å². The van der Waals surface area contributed by atoms with Crippen molar-refractivity contribution in [2.24, 2.45) is 5.92 Å². The number of hydrogen-bond acceptors (Lipinski definition) is 1. The Kier molecular flexibility index (Phi) is 6.14. The molecular weight excluding hydrogens is 218 g/mol. The lowest BCUT2D eigenvalue weighted by molar-refractivity contribution is 0.412. The first-order valence-corrected chi connectivity index (χ1v) is 6.88. The summed E-state index contributed by atoms with van der Waals surface area (Å²) in [7, 11) is 4.27. The van der Waals surface area contributed by atoms with Gasteiger partial charge in [0, 0.05) is 6.54 Å². The monoisotopic (exact) mass is 245 g/mol. The minimum absolute atomic E-state index is 0.647. The highest BCUT2D eigenvalue weighted by atomic mass is 15.0. The molecule has 0 spiro atoms. The smallest absolute Gasteiger partial charge is 0.00157 e. The van der Waals surface area contributed by atoms with Crippen LogP contribution in [-0.4, -0.2) is 25.5 Å². The molecule has 1 rings (SSSR count). The highest BCUT2D eigenvalue weighted by molar-refractivity contribution is 5.43. The molecule has 1 nitrogen and oxygen atoms in total. The van der Waals surface area contributed by atoms with Crippen LogP contribution in [0.2, 0.25) is 0 Å². The molecule has 1 unspecified atom stereocenters. The van der Waals surface area contributed by atoms with Gasteiger partial charge < -0.3 is 4.90 Å². The highest BCUT2D eigenvalue weighted by Gasteiger charge is 2.17. The topological polar surface area (TPSA) is 3.24 Å². The molecule has 0 aliphatic heterocycles. The van der Waals surface area contributed by atoms with Gasteiger partial charge in [-0.2, -0.15) is 0 Å². The van der Waals surface area contributed by atoms with E-state index < -0.39 is 0 Å². The van der Waals surface area contributed by atoms with E-state index in [9.17, 15) is 0 Å². The molecule has 0 fully saturated rings. The second-order valence-electron chi connectivity index (χ2n) is 5.44. The maximum Gasteiger partial charge on any atom is 0.00157 e. The van der Waals surface area contributed by atoms with Gasteiger partial charge in [0.05, 0.1) is 0 Å². The average molecular weight is 245 g/mol. The predicted molar refractivity (Wildman–Crippen MR) is 81.7 cm³/mol. The molecule has 18 heavy (non-hydrogen) atoms. The molecule has 0 heterocycles. The van der Waals surface area contributed by atoms with Crippen molar-refractivity contribution >= 4 is 0 Å². The standard InChI is InChI=1S/C17H27N/c1-6-7-11-16(12-13-18(4)5)17-14(2)9-8-10-15(17)3/h6,8-9,11,15H,1,7,10,12-13H2,2-5H3. The van der Waals surface area contributed by atoms with Crippen molar-refractivity contribution in [3.05, 3.63) is 47.6 Å². The summed E-state index contributed by atoms with van der Waals surface area (Å²) in [5.74, 6) is 0.647. The lowest BCUT2D eigenvalue weighted by Gasteiger charge is -2.24. The number of rotatable bonds is 6. The number of allylic oxidation sites excluding steroid dienone is 6. The fourth-order valence-electron chi connectivity index (χ4n) is 2.53. The summed E-state index contributed by atoms with van der Waals surface area (Å²) in [6.07, 6.45) is 12.2. The third-order valence-corrected chi connectivity index (χ3v) is 3.48. The van der Waals surface area contributed by atoms with E-state index in [-0.39, 0.29) is 0 Å². The van der Waals surface area contributed by atoms with Gasteiger partial charge in [0.25, 0.3) is 0 Å². The Morgan fingerprint density at radius 3 is 2.78 bits per heavy atom. The molecule has 0 amide bonds. The molecule has 0 N–H and O–H groups in total. The van der Waals surface area contributed by atoms with Crippen LogP contribution in [0, 0.1) is 5.92 Å². The van der Waals surface area contributed by atoms with Crippen LogP contribution in [0.1, 0.15) is 33.1 Å². The van der Waals surface area contributed by atoms with E-state index >= 15 is 0 Å². The van der Waals surface area contributed by atoms with Crippen LogP contribution in [-0.2, 0) is 0 Å². The molecule has 1 atom stereocenters. The fraction of sp³-hybridized carbons (Fsp3) is 0.529. The fourth-order valence-corrected chi connectivity index (χ4v) is 2.53. The van der Waals surface area contributed by atoms with Gasteiger partial charge >= 0.3 is 0 Å². The van der Waals surface area contributed by atoms with E-state index in [1.165, 1.54) is 17.6 Å². The second-order valence-corrected chi connectivity index (χ2v) is 5.44. The Morgan fingerprint density at radius 1 is 1.50 bits per heavy atom. The second kappa shape index (κ2) is 7.38. The van der Waals surface area contributed by atoms with E-state index in [0.29, 0.717) is 5.92 Å². The Balaban J connectivity index is 2.94. The minimum atomic E-state index is 0.647. The maximum atomic E-state index is 3.83. The van der Waals surface area contributed by atoms with Crippen LogP contribution in [0.4, 0.5) is 0 Å². The minimum Gasteiger partial charge on any atom is -0.309 e. The van der Waals surface area contributed by atoms with E-state index in [1.807, 2.05) is 6.08 Å². The lowest BCUT2D eigenvalue weighted by Crippen LogP contribution is -2.16.